The van der Waals surface area contributed by atoms with Crippen LogP contribution < -0.4 is 18.8 Å². The fourth-order valence-electron chi connectivity index (χ4n) is 2.96. The van der Waals surface area contributed by atoms with Gasteiger partial charge in [-0.1, -0.05) is 28.5 Å². The SMILES string of the molecule is CCSSCc1c(C)c(OC)cc[n+]1C1Oc2cc3nc[nH]c3cc2O1. The molecule has 3 heterocycles. The van der Waals surface area contributed by atoms with Gasteiger partial charge in [0.2, 0.25) is 5.69 Å². The molecule has 1 unspecified atom stereocenters. The summed E-state index contributed by atoms with van der Waals surface area (Å²) in [5.74, 6) is 4.19. The zero-order valence-electron chi connectivity index (χ0n) is 14.8. The Morgan fingerprint density at radius 3 is 2.85 bits per heavy atom. The predicted molar refractivity (Wildman–Crippen MR) is 104 cm³/mol. The highest BCUT2D eigenvalue weighted by molar-refractivity contribution is 8.76. The topological polar surface area (TPSA) is 60.2 Å². The van der Waals surface area contributed by atoms with Crippen molar-refractivity contribution in [3.8, 4) is 17.2 Å². The lowest BCUT2D eigenvalue weighted by molar-refractivity contribution is -0.788. The van der Waals surface area contributed by atoms with Gasteiger partial charge in [0, 0.05) is 24.0 Å². The van der Waals surface area contributed by atoms with Crippen LogP contribution in [0.2, 0.25) is 0 Å². The van der Waals surface area contributed by atoms with E-state index in [-0.39, 0.29) is 0 Å². The van der Waals surface area contributed by atoms with Crippen molar-refractivity contribution in [1.82, 2.24) is 9.97 Å². The fraction of sp³-hybridized carbons (Fsp3) is 0.333. The maximum atomic E-state index is 6.08. The van der Waals surface area contributed by atoms with E-state index in [9.17, 15) is 0 Å². The number of imidazole rings is 1. The Kier molecular flexibility index (Phi) is 4.86. The molecular formula is C18H20N3O3S2+. The van der Waals surface area contributed by atoms with E-state index in [4.69, 9.17) is 14.2 Å². The van der Waals surface area contributed by atoms with Crippen LogP contribution in [0.3, 0.4) is 0 Å². The molecule has 0 saturated carbocycles. The number of fused-ring (bicyclic) bond motifs is 2. The highest BCUT2D eigenvalue weighted by Gasteiger charge is 2.36. The summed E-state index contributed by atoms with van der Waals surface area (Å²) >= 11 is 0. The van der Waals surface area contributed by atoms with E-state index in [0.717, 1.165) is 39.5 Å². The van der Waals surface area contributed by atoms with Crippen molar-refractivity contribution in [2.75, 3.05) is 12.9 Å². The van der Waals surface area contributed by atoms with E-state index in [2.05, 4.69) is 23.8 Å². The van der Waals surface area contributed by atoms with Crippen molar-refractivity contribution < 1.29 is 18.8 Å². The number of rotatable bonds is 6. The minimum absolute atomic E-state index is 0.539. The quantitative estimate of drug-likeness (QED) is 0.390. The molecule has 4 rings (SSSR count). The zero-order chi connectivity index (χ0) is 18.1. The van der Waals surface area contributed by atoms with Crippen molar-refractivity contribution in [3.63, 3.8) is 0 Å². The standard InChI is InChI=1S/C18H20N3O3S2/c1-4-25-26-9-14-11(2)15(22-3)5-6-21(14)18-23-16-7-12-13(20-10-19-12)8-17(16)24-18/h5-8,10,18H,4,9H2,1-3H3,(H,19,20)/q+1. The maximum Gasteiger partial charge on any atom is 0.468 e. The van der Waals surface area contributed by atoms with Crippen LogP contribution >= 0.6 is 21.6 Å². The highest BCUT2D eigenvalue weighted by atomic mass is 33.1. The second-order valence-corrected chi connectivity index (χ2v) is 8.54. The van der Waals surface area contributed by atoms with Crippen LogP contribution in [0.4, 0.5) is 0 Å². The molecule has 0 radical (unpaired) electrons. The maximum absolute atomic E-state index is 6.08. The van der Waals surface area contributed by atoms with Gasteiger partial charge in [-0.3, -0.25) is 0 Å². The minimum atomic E-state index is -0.539. The summed E-state index contributed by atoms with van der Waals surface area (Å²) in [4.78, 5) is 7.38. The van der Waals surface area contributed by atoms with Crippen LogP contribution in [0.15, 0.2) is 30.7 Å². The third-order valence-corrected chi connectivity index (χ3v) is 6.64. The van der Waals surface area contributed by atoms with Crippen molar-refractivity contribution >= 4 is 32.6 Å². The Hall–Kier alpha value is -2.06. The first kappa shape index (κ1) is 17.4. The molecule has 1 N–H and O–H groups in total. The average molecular weight is 391 g/mol. The number of hydrogen-bond acceptors (Lipinski definition) is 6. The summed E-state index contributed by atoms with van der Waals surface area (Å²) in [5.41, 5.74) is 4.01. The van der Waals surface area contributed by atoms with Gasteiger partial charge in [0.05, 0.1) is 35.8 Å². The monoisotopic (exact) mass is 390 g/mol. The van der Waals surface area contributed by atoms with Crippen LogP contribution in [0.1, 0.15) is 24.6 Å². The molecule has 0 amide bonds. The van der Waals surface area contributed by atoms with Gasteiger partial charge in [-0.25, -0.2) is 4.98 Å². The van der Waals surface area contributed by atoms with Crippen LogP contribution in [0.5, 0.6) is 17.2 Å². The number of methoxy groups -OCH3 is 1. The van der Waals surface area contributed by atoms with Gasteiger partial charge in [-0.15, -0.1) is 4.57 Å². The third-order valence-electron chi connectivity index (χ3n) is 4.29. The number of aromatic nitrogens is 3. The Morgan fingerprint density at radius 1 is 1.27 bits per heavy atom. The normalized spacial score (nSPS) is 13.5. The van der Waals surface area contributed by atoms with Crippen LogP contribution in [-0.4, -0.2) is 22.8 Å². The Balaban J connectivity index is 1.67. The van der Waals surface area contributed by atoms with Gasteiger partial charge in [0.15, 0.2) is 17.7 Å². The molecule has 0 fully saturated rings. The van der Waals surface area contributed by atoms with E-state index >= 15 is 0 Å². The van der Waals surface area contributed by atoms with E-state index in [0.29, 0.717) is 11.5 Å². The Labute approximate surface area is 159 Å². The minimum Gasteiger partial charge on any atom is -0.496 e. The van der Waals surface area contributed by atoms with Crippen LogP contribution in [0, 0.1) is 6.92 Å². The van der Waals surface area contributed by atoms with Crippen molar-refractivity contribution in [2.24, 2.45) is 0 Å². The van der Waals surface area contributed by atoms with Gasteiger partial charge < -0.3 is 19.2 Å². The van der Waals surface area contributed by atoms with E-state index in [1.54, 1.807) is 13.4 Å². The molecule has 26 heavy (non-hydrogen) atoms. The number of ether oxygens (including phenoxy) is 3. The summed E-state index contributed by atoms with van der Waals surface area (Å²) in [6, 6.07) is 5.77. The lowest BCUT2D eigenvalue weighted by atomic mass is 10.2. The number of nitrogens with zero attached hydrogens (tertiary/aromatic N) is 2. The molecule has 0 spiro atoms. The zero-order valence-corrected chi connectivity index (χ0v) is 16.4. The molecule has 0 saturated heterocycles. The van der Waals surface area contributed by atoms with Crippen molar-refractivity contribution in [1.29, 1.82) is 0 Å². The number of nitrogens with one attached hydrogen (secondary N) is 1. The van der Waals surface area contributed by atoms with E-state index in [1.165, 1.54) is 0 Å². The molecule has 3 aromatic rings. The van der Waals surface area contributed by atoms with Gasteiger partial charge in [-0.05, 0) is 6.92 Å². The van der Waals surface area contributed by atoms with Crippen molar-refractivity contribution in [3.05, 3.63) is 42.0 Å². The lowest BCUT2D eigenvalue weighted by Gasteiger charge is -2.13. The Morgan fingerprint density at radius 2 is 2.08 bits per heavy atom. The number of aromatic amines is 1. The summed E-state index contributed by atoms with van der Waals surface area (Å²) < 4.78 is 19.7. The first-order chi connectivity index (χ1) is 12.7. The molecule has 8 heteroatoms. The fourth-order valence-corrected chi connectivity index (χ4v) is 4.78. The highest BCUT2D eigenvalue weighted by Crippen LogP contribution is 2.39. The van der Waals surface area contributed by atoms with Crippen molar-refractivity contribution in [2.45, 2.75) is 26.0 Å². The molecule has 136 valence electrons. The van der Waals surface area contributed by atoms with Gasteiger partial charge in [0.25, 0.3) is 0 Å². The second kappa shape index (κ2) is 7.28. The largest absolute Gasteiger partial charge is 0.496 e. The number of hydrogen-bond donors (Lipinski definition) is 1. The Bertz CT molecular complexity index is 905. The summed E-state index contributed by atoms with van der Waals surface area (Å²) in [6.45, 7) is 4.22. The first-order valence-corrected chi connectivity index (χ1v) is 10.8. The van der Waals surface area contributed by atoms with Gasteiger partial charge >= 0.3 is 6.41 Å². The van der Waals surface area contributed by atoms with Crippen LogP contribution in [0.25, 0.3) is 11.0 Å². The molecule has 6 nitrogen and oxygen atoms in total. The molecule has 1 aliphatic rings. The molecule has 1 atom stereocenters. The lowest BCUT2D eigenvalue weighted by Crippen LogP contribution is -2.47. The summed E-state index contributed by atoms with van der Waals surface area (Å²) in [7, 11) is 5.34. The average Bonchev–Trinajstić information content (AvgIpc) is 3.26. The predicted octanol–water partition coefficient (Wildman–Crippen LogP) is 4.00. The molecule has 1 aliphatic heterocycles. The van der Waals surface area contributed by atoms with Crippen LogP contribution in [-0.2, 0) is 5.75 Å². The molecule has 2 aromatic heterocycles. The molecule has 0 aliphatic carbocycles. The van der Waals surface area contributed by atoms with Gasteiger partial charge in [0.1, 0.15) is 5.75 Å². The second-order valence-electron chi connectivity index (χ2n) is 5.79. The third kappa shape index (κ3) is 3.07. The van der Waals surface area contributed by atoms with E-state index in [1.807, 2.05) is 50.6 Å². The first-order valence-electron chi connectivity index (χ1n) is 8.33. The van der Waals surface area contributed by atoms with E-state index < -0.39 is 6.41 Å². The molecule has 1 aromatic carbocycles. The smallest absolute Gasteiger partial charge is 0.468 e. The molecular weight excluding hydrogens is 370 g/mol. The van der Waals surface area contributed by atoms with Gasteiger partial charge in [-0.2, -0.15) is 0 Å². The number of pyridine rings is 1. The number of benzene rings is 1. The summed E-state index contributed by atoms with van der Waals surface area (Å²) in [5, 5.41) is 0. The summed E-state index contributed by atoms with van der Waals surface area (Å²) in [6.07, 6.45) is 3.09. The number of H-pyrrole nitrogens is 1. The molecule has 0 bridgehead atoms.